The number of aliphatic hydroxyl groups is 2. The zero-order valence-electron chi connectivity index (χ0n) is 9.34. The number of rotatable bonds is 6. The molecule has 0 amide bonds. The van der Waals surface area contributed by atoms with Gasteiger partial charge in [-0.1, -0.05) is 5.11 Å². The SMILES string of the molecule is [N-]=[N+]=NCCC(O)C(O)c1cncc(C(=O)O)c1. The van der Waals surface area contributed by atoms with Crippen molar-refractivity contribution < 1.29 is 20.1 Å². The van der Waals surface area contributed by atoms with Crippen LogP contribution in [0.4, 0.5) is 0 Å². The third kappa shape index (κ3) is 3.70. The molecule has 8 nitrogen and oxygen atoms in total. The van der Waals surface area contributed by atoms with Crippen LogP contribution in [0.5, 0.6) is 0 Å². The lowest BCUT2D eigenvalue weighted by atomic mass is 10.0. The van der Waals surface area contributed by atoms with Crippen molar-refractivity contribution in [3.63, 3.8) is 0 Å². The van der Waals surface area contributed by atoms with E-state index in [1.165, 1.54) is 12.3 Å². The van der Waals surface area contributed by atoms with E-state index in [1.807, 2.05) is 0 Å². The van der Waals surface area contributed by atoms with Gasteiger partial charge in [-0.3, -0.25) is 4.98 Å². The molecule has 0 saturated heterocycles. The lowest BCUT2D eigenvalue weighted by Crippen LogP contribution is -2.19. The summed E-state index contributed by atoms with van der Waals surface area (Å²) in [5.74, 6) is -1.17. The first-order valence-electron chi connectivity index (χ1n) is 5.11. The van der Waals surface area contributed by atoms with Gasteiger partial charge in [-0.2, -0.15) is 0 Å². The van der Waals surface area contributed by atoms with Crippen molar-refractivity contribution in [3.8, 4) is 0 Å². The zero-order chi connectivity index (χ0) is 13.5. The van der Waals surface area contributed by atoms with E-state index in [2.05, 4.69) is 15.0 Å². The van der Waals surface area contributed by atoms with E-state index in [1.54, 1.807) is 0 Å². The molecule has 1 rings (SSSR count). The Morgan fingerprint density at radius 1 is 1.50 bits per heavy atom. The summed E-state index contributed by atoms with van der Waals surface area (Å²) in [6, 6.07) is 1.23. The first-order valence-corrected chi connectivity index (χ1v) is 5.11. The highest BCUT2D eigenvalue weighted by atomic mass is 16.4. The fourth-order valence-electron chi connectivity index (χ4n) is 1.35. The fraction of sp³-hybridized carbons (Fsp3) is 0.400. The highest BCUT2D eigenvalue weighted by Crippen LogP contribution is 2.19. The van der Waals surface area contributed by atoms with Gasteiger partial charge < -0.3 is 15.3 Å². The minimum Gasteiger partial charge on any atom is -0.478 e. The molecule has 0 radical (unpaired) electrons. The van der Waals surface area contributed by atoms with E-state index in [9.17, 15) is 15.0 Å². The second kappa shape index (κ2) is 6.55. The number of hydrogen-bond acceptors (Lipinski definition) is 5. The molecule has 0 spiro atoms. The molecule has 1 aromatic rings. The van der Waals surface area contributed by atoms with Crippen LogP contribution in [-0.2, 0) is 0 Å². The molecule has 1 heterocycles. The fourth-order valence-corrected chi connectivity index (χ4v) is 1.35. The third-order valence-electron chi connectivity index (χ3n) is 2.30. The molecular formula is C10H12N4O4. The van der Waals surface area contributed by atoms with Crippen molar-refractivity contribution >= 4 is 5.97 Å². The van der Waals surface area contributed by atoms with Gasteiger partial charge in [-0.15, -0.1) is 0 Å². The van der Waals surface area contributed by atoms with Gasteiger partial charge in [-0.25, -0.2) is 4.79 Å². The molecule has 0 aromatic carbocycles. The van der Waals surface area contributed by atoms with Crippen molar-refractivity contribution in [2.75, 3.05) is 6.54 Å². The molecule has 2 atom stereocenters. The summed E-state index contributed by atoms with van der Waals surface area (Å²) in [5.41, 5.74) is 8.19. The summed E-state index contributed by atoms with van der Waals surface area (Å²) in [4.78, 5) is 16.9. The van der Waals surface area contributed by atoms with Crippen LogP contribution >= 0.6 is 0 Å². The van der Waals surface area contributed by atoms with E-state index in [4.69, 9.17) is 10.6 Å². The van der Waals surface area contributed by atoms with Gasteiger partial charge in [0.25, 0.3) is 0 Å². The molecule has 0 aliphatic rings. The maximum absolute atomic E-state index is 10.7. The molecule has 0 fully saturated rings. The molecule has 2 unspecified atom stereocenters. The number of carboxylic acids is 1. The lowest BCUT2D eigenvalue weighted by Gasteiger charge is -2.17. The topological polar surface area (TPSA) is 139 Å². The number of nitrogens with zero attached hydrogens (tertiary/aromatic N) is 4. The smallest absolute Gasteiger partial charge is 0.337 e. The predicted octanol–water partition coefficient (Wildman–Crippen LogP) is 0.875. The minimum absolute atomic E-state index is 0.0424. The van der Waals surface area contributed by atoms with Crippen LogP contribution < -0.4 is 0 Å². The Morgan fingerprint density at radius 2 is 2.22 bits per heavy atom. The molecule has 18 heavy (non-hydrogen) atoms. The molecule has 0 aliphatic carbocycles. The number of aromatic nitrogens is 1. The van der Waals surface area contributed by atoms with Gasteiger partial charge in [0.2, 0.25) is 0 Å². The van der Waals surface area contributed by atoms with E-state index < -0.39 is 18.2 Å². The van der Waals surface area contributed by atoms with Gasteiger partial charge in [0.15, 0.2) is 0 Å². The highest BCUT2D eigenvalue weighted by Gasteiger charge is 2.19. The summed E-state index contributed by atoms with van der Waals surface area (Å²) in [7, 11) is 0. The largest absolute Gasteiger partial charge is 0.478 e. The van der Waals surface area contributed by atoms with Crippen LogP contribution in [0.2, 0.25) is 0 Å². The monoisotopic (exact) mass is 252 g/mol. The maximum atomic E-state index is 10.7. The number of pyridine rings is 1. The third-order valence-corrected chi connectivity index (χ3v) is 2.30. The Bertz CT molecular complexity index is 473. The van der Waals surface area contributed by atoms with Gasteiger partial charge >= 0.3 is 5.97 Å². The number of carbonyl (C=O) groups is 1. The zero-order valence-corrected chi connectivity index (χ0v) is 9.34. The molecule has 0 saturated carbocycles. The number of aromatic carboxylic acids is 1. The van der Waals surface area contributed by atoms with Gasteiger partial charge in [0.1, 0.15) is 6.10 Å². The Morgan fingerprint density at radius 3 is 2.83 bits per heavy atom. The molecule has 3 N–H and O–H groups in total. The Hall–Kier alpha value is -2.15. The van der Waals surface area contributed by atoms with E-state index in [0.29, 0.717) is 0 Å². The quantitative estimate of drug-likeness (QED) is 0.391. The summed E-state index contributed by atoms with van der Waals surface area (Å²) in [6.45, 7) is 0.0424. The summed E-state index contributed by atoms with van der Waals surface area (Å²) < 4.78 is 0. The van der Waals surface area contributed by atoms with Crippen LogP contribution in [0.3, 0.4) is 0 Å². The average molecular weight is 252 g/mol. The highest BCUT2D eigenvalue weighted by molar-refractivity contribution is 5.87. The summed E-state index contributed by atoms with van der Waals surface area (Å²) in [6.07, 6.45) is 0.0634. The molecule has 1 aromatic heterocycles. The average Bonchev–Trinajstić information content (AvgIpc) is 2.38. The molecule has 8 heteroatoms. The van der Waals surface area contributed by atoms with Crippen molar-refractivity contribution in [3.05, 3.63) is 40.0 Å². The van der Waals surface area contributed by atoms with E-state index >= 15 is 0 Å². The van der Waals surface area contributed by atoms with Gasteiger partial charge in [0, 0.05) is 29.4 Å². The Kier molecular flexibility index (Phi) is 5.06. The van der Waals surface area contributed by atoms with Crippen LogP contribution in [0.1, 0.15) is 28.4 Å². The standard InChI is InChI=1S/C10H12N4O4/c11-14-13-2-1-8(15)9(16)6-3-7(10(17)18)5-12-4-6/h3-5,8-9,15-16H,1-2H2,(H,17,18). The minimum atomic E-state index is -1.27. The van der Waals surface area contributed by atoms with Gasteiger partial charge in [0.05, 0.1) is 11.7 Å². The summed E-state index contributed by atoms with van der Waals surface area (Å²) in [5, 5.41) is 31.4. The van der Waals surface area contributed by atoms with Gasteiger partial charge in [-0.05, 0) is 18.0 Å². The molecule has 0 aliphatic heterocycles. The second-order valence-corrected chi connectivity index (χ2v) is 3.57. The molecular weight excluding hydrogens is 240 g/mol. The summed E-state index contributed by atoms with van der Waals surface area (Å²) >= 11 is 0. The van der Waals surface area contributed by atoms with Crippen molar-refractivity contribution in [1.29, 1.82) is 0 Å². The van der Waals surface area contributed by atoms with Crippen molar-refractivity contribution in [2.24, 2.45) is 5.11 Å². The molecule has 96 valence electrons. The maximum Gasteiger partial charge on any atom is 0.337 e. The Balaban J connectivity index is 2.76. The Labute approximate surface area is 102 Å². The van der Waals surface area contributed by atoms with Crippen LogP contribution in [-0.4, -0.2) is 38.9 Å². The lowest BCUT2D eigenvalue weighted by molar-refractivity contribution is 0.0147. The van der Waals surface area contributed by atoms with Crippen LogP contribution in [0.25, 0.3) is 10.4 Å². The molecule has 0 bridgehead atoms. The normalized spacial score (nSPS) is 13.4. The first-order chi connectivity index (χ1) is 8.56. The van der Waals surface area contributed by atoms with Crippen LogP contribution in [0, 0.1) is 0 Å². The number of aliphatic hydroxyl groups excluding tert-OH is 2. The number of carboxylic acid groups (broad SMARTS) is 1. The van der Waals surface area contributed by atoms with E-state index in [0.717, 1.165) is 6.20 Å². The van der Waals surface area contributed by atoms with Crippen molar-refractivity contribution in [1.82, 2.24) is 4.98 Å². The number of hydrogen-bond donors (Lipinski definition) is 3. The number of azide groups is 1. The van der Waals surface area contributed by atoms with E-state index in [-0.39, 0.29) is 24.1 Å². The second-order valence-electron chi connectivity index (χ2n) is 3.57. The first kappa shape index (κ1) is 13.9. The van der Waals surface area contributed by atoms with Crippen LogP contribution in [0.15, 0.2) is 23.6 Å². The van der Waals surface area contributed by atoms with Crippen molar-refractivity contribution in [2.45, 2.75) is 18.6 Å². The predicted molar refractivity (Wildman–Crippen MR) is 60.8 cm³/mol.